The number of sulfonamides is 1. The van der Waals surface area contributed by atoms with Gasteiger partial charge in [0.15, 0.2) is 11.5 Å². The van der Waals surface area contributed by atoms with E-state index in [-0.39, 0.29) is 31.9 Å². The van der Waals surface area contributed by atoms with Crippen LogP contribution in [0.1, 0.15) is 27.8 Å². The lowest BCUT2D eigenvalue weighted by atomic mass is 9.96. The van der Waals surface area contributed by atoms with Crippen molar-refractivity contribution in [1.82, 2.24) is 14.6 Å². The summed E-state index contributed by atoms with van der Waals surface area (Å²) in [5.41, 5.74) is 5.83. The Balaban J connectivity index is 1.36. The number of nitriles is 1. The van der Waals surface area contributed by atoms with Crippen molar-refractivity contribution in [3.8, 4) is 40.2 Å². The number of aromatic nitrogens is 1. The van der Waals surface area contributed by atoms with Crippen LogP contribution in [0.25, 0.3) is 11.1 Å². The van der Waals surface area contributed by atoms with Gasteiger partial charge in [0, 0.05) is 42.7 Å². The number of carbonyl (C=O) groups excluding carboxylic acids is 1. The lowest BCUT2D eigenvalue weighted by Crippen LogP contribution is -2.32. The molecule has 47 heavy (non-hydrogen) atoms. The number of nitrogens with one attached hydrogen (secondary N) is 1. The Morgan fingerprint density at radius 1 is 1.02 bits per heavy atom. The van der Waals surface area contributed by atoms with E-state index in [4.69, 9.17) is 30.5 Å². The molecule has 1 aliphatic heterocycles. The molecule has 0 spiro atoms. The molecule has 0 saturated heterocycles. The highest BCUT2D eigenvalue weighted by Crippen LogP contribution is 2.37. The minimum atomic E-state index is -3.74. The van der Waals surface area contributed by atoms with Crippen LogP contribution in [-0.4, -0.2) is 57.3 Å². The van der Waals surface area contributed by atoms with Crippen molar-refractivity contribution in [2.24, 2.45) is 0 Å². The lowest BCUT2D eigenvalue weighted by molar-refractivity contribution is -0.108. The van der Waals surface area contributed by atoms with Gasteiger partial charge < -0.3 is 23.8 Å². The summed E-state index contributed by atoms with van der Waals surface area (Å²) in [4.78, 5) is 16.5. The first-order valence-electron chi connectivity index (χ1n) is 14.7. The van der Waals surface area contributed by atoms with E-state index in [0.717, 1.165) is 28.0 Å². The molecule has 0 radical (unpaired) electrons. The molecule has 1 aromatic heterocycles. The van der Waals surface area contributed by atoms with Gasteiger partial charge in [-0.15, -0.1) is 0 Å². The minimum absolute atomic E-state index is 0.120. The number of pyridine rings is 1. The molecule has 3 aromatic carbocycles. The number of benzene rings is 3. The van der Waals surface area contributed by atoms with Gasteiger partial charge >= 0.3 is 0 Å². The molecule has 2 heterocycles. The Morgan fingerprint density at radius 3 is 2.60 bits per heavy atom. The number of amides is 1. The first-order valence-corrected chi connectivity index (χ1v) is 16.7. The largest absolute Gasteiger partial charge is 0.488 e. The van der Waals surface area contributed by atoms with Crippen LogP contribution in [0.4, 0.5) is 0 Å². The molecule has 5 rings (SSSR count). The maximum atomic E-state index is 12.0. The van der Waals surface area contributed by atoms with Gasteiger partial charge in [0.1, 0.15) is 44.0 Å². The highest BCUT2D eigenvalue weighted by atomic mass is 35.5. The van der Waals surface area contributed by atoms with Gasteiger partial charge in [0.2, 0.25) is 16.4 Å². The highest BCUT2D eigenvalue weighted by molar-refractivity contribution is 7.89. The first-order chi connectivity index (χ1) is 22.7. The van der Waals surface area contributed by atoms with Crippen molar-refractivity contribution < 1.29 is 32.2 Å². The van der Waals surface area contributed by atoms with Crippen LogP contribution < -0.4 is 23.7 Å². The zero-order chi connectivity index (χ0) is 33.4. The number of hydrogen-bond donors (Lipinski definition) is 1. The third kappa shape index (κ3) is 8.71. The zero-order valence-corrected chi connectivity index (χ0v) is 27.4. The molecule has 0 saturated carbocycles. The maximum Gasteiger partial charge on any atom is 0.235 e. The molecule has 0 fully saturated rings. The van der Waals surface area contributed by atoms with Crippen molar-refractivity contribution >= 4 is 28.0 Å². The Morgan fingerprint density at radius 2 is 1.81 bits per heavy atom. The van der Waals surface area contributed by atoms with E-state index in [2.05, 4.69) is 11.1 Å². The van der Waals surface area contributed by atoms with Gasteiger partial charge in [0.05, 0.1) is 16.3 Å². The second-order valence-corrected chi connectivity index (χ2v) is 13.2. The Bertz CT molecular complexity index is 1910. The number of halogens is 1. The lowest BCUT2D eigenvalue weighted by Gasteiger charge is -2.21. The number of nitrogens with zero attached hydrogens (tertiary/aromatic N) is 3. The number of fused-ring (bicyclic) bond motifs is 1. The van der Waals surface area contributed by atoms with Crippen LogP contribution in [0, 0.1) is 18.3 Å². The molecular formula is C34H33ClN4O7S. The van der Waals surface area contributed by atoms with Crippen molar-refractivity contribution in [3.63, 3.8) is 0 Å². The monoisotopic (exact) mass is 676 g/mol. The average molecular weight is 677 g/mol. The maximum absolute atomic E-state index is 12.0. The van der Waals surface area contributed by atoms with Gasteiger partial charge in [-0.1, -0.05) is 35.9 Å². The Kier molecular flexibility index (Phi) is 10.8. The predicted octanol–water partition coefficient (Wildman–Crippen LogP) is 5.02. The molecule has 11 nitrogen and oxygen atoms in total. The third-order valence-electron chi connectivity index (χ3n) is 7.53. The van der Waals surface area contributed by atoms with Gasteiger partial charge in [-0.25, -0.2) is 8.42 Å². The van der Waals surface area contributed by atoms with E-state index >= 15 is 0 Å². The summed E-state index contributed by atoms with van der Waals surface area (Å²) in [6, 6.07) is 19.1. The fourth-order valence-electron chi connectivity index (χ4n) is 5.03. The summed E-state index contributed by atoms with van der Waals surface area (Å²) in [6.07, 6.45) is 3.23. The topological polar surface area (TPSA) is 140 Å². The zero-order valence-electron chi connectivity index (χ0n) is 25.9. The molecule has 0 atom stereocenters. The van der Waals surface area contributed by atoms with E-state index in [1.54, 1.807) is 36.3 Å². The number of ether oxygens (including phenoxy) is 4. The van der Waals surface area contributed by atoms with E-state index < -0.39 is 10.0 Å². The van der Waals surface area contributed by atoms with Gasteiger partial charge in [-0.2, -0.15) is 5.26 Å². The molecule has 0 unspecified atom stereocenters. The van der Waals surface area contributed by atoms with Crippen molar-refractivity contribution in [3.05, 3.63) is 99.8 Å². The van der Waals surface area contributed by atoms with E-state index in [1.165, 1.54) is 6.20 Å². The van der Waals surface area contributed by atoms with Crippen LogP contribution >= 0.6 is 11.6 Å². The SMILES string of the molecule is Cc1c(COc2cc(OCc3cncc(C#N)c3)c(CN(C)CCS(=O)(=O)NC=O)cc2Cl)cccc1-c1ccc2c(c1)OCCO2. The second kappa shape index (κ2) is 15.2. The van der Waals surface area contributed by atoms with Gasteiger partial charge in [-0.3, -0.25) is 14.5 Å². The smallest absolute Gasteiger partial charge is 0.235 e. The van der Waals surface area contributed by atoms with Gasteiger partial charge in [0.25, 0.3) is 0 Å². The van der Waals surface area contributed by atoms with Crippen molar-refractivity contribution in [2.75, 3.05) is 32.6 Å². The molecule has 4 aromatic rings. The fraction of sp³-hybridized carbons (Fsp3) is 0.265. The van der Waals surface area contributed by atoms with Crippen LogP contribution in [0.15, 0.2) is 67.0 Å². The molecule has 244 valence electrons. The summed E-state index contributed by atoms with van der Waals surface area (Å²) in [7, 11) is -2.00. The molecule has 1 N–H and O–H groups in total. The van der Waals surface area contributed by atoms with Crippen LogP contribution in [0.5, 0.6) is 23.0 Å². The summed E-state index contributed by atoms with van der Waals surface area (Å²) < 4.78 is 49.6. The Labute approximate surface area is 278 Å². The average Bonchev–Trinajstić information content (AvgIpc) is 3.07. The second-order valence-electron chi connectivity index (χ2n) is 10.9. The molecule has 0 bridgehead atoms. The summed E-state index contributed by atoms with van der Waals surface area (Å²) in [5.74, 6) is 2.04. The molecule has 1 aliphatic rings. The standard InChI is InChI=1S/C34H33ClN4O7S/c1-23-27(4-3-5-29(23)26-6-7-31-34(14-26)44-10-9-43-31)21-46-33-15-32(45-20-25-12-24(16-36)17-37-18-25)28(13-30(33)35)19-39(2)8-11-47(41,42)38-22-40/h3-7,12-15,17-18,22H,8-11,19-21H2,1-2H3,(H,38,40). The number of hydrogen-bond acceptors (Lipinski definition) is 10. The van der Waals surface area contributed by atoms with Crippen LogP contribution in [-0.2, 0) is 34.6 Å². The molecule has 0 aliphatic carbocycles. The van der Waals surface area contributed by atoms with E-state index in [1.807, 2.05) is 48.0 Å². The highest BCUT2D eigenvalue weighted by Gasteiger charge is 2.18. The van der Waals surface area contributed by atoms with E-state index in [9.17, 15) is 18.5 Å². The minimum Gasteiger partial charge on any atom is -0.488 e. The van der Waals surface area contributed by atoms with Crippen molar-refractivity contribution in [2.45, 2.75) is 26.7 Å². The number of rotatable bonds is 14. The van der Waals surface area contributed by atoms with Gasteiger partial charge in [-0.05, 0) is 60.5 Å². The number of carbonyl (C=O) groups is 1. The van der Waals surface area contributed by atoms with E-state index in [0.29, 0.717) is 58.7 Å². The normalized spacial score (nSPS) is 12.3. The third-order valence-corrected chi connectivity index (χ3v) is 9.00. The summed E-state index contributed by atoms with van der Waals surface area (Å²) in [5, 5.41) is 9.61. The molecule has 13 heteroatoms. The van der Waals surface area contributed by atoms with Crippen molar-refractivity contribution in [1.29, 1.82) is 5.26 Å². The fourth-order valence-corrected chi connectivity index (χ4v) is 6.09. The Hall–Kier alpha value is -4.83. The van der Waals surface area contributed by atoms with Crippen LogP contribution in [0.2, 0.25) is 5.02 Å². The van der Waals surface area contributed by atoms with Crippen LogP contribution in [0.3, 0.4) is 0 Å². The summed E-state index contributed by atoms with van der Waals surface area (Å²) in [6.45, 7) is 3.86. The quantitative estimate of drug-likeness (QED) is 0.181. The molecule has 1 amide bonds. The first kappa shape index (κ1) is 33.5. The molecular weight excluding hydrogens is 644 g/mol. The summed E-state index contributed by atoms with van der Waals surface area (Å²) >= 11 is 6.72. The predicted molar refractivity (Wildman–Crippen MR) is 176 cm³/mol.